The molecule has 20 heavy (non-hydrogen) atoms. The Kier molecular flexibility index (Phi) is 5.23. The highest BCUT2D eigenvalue weighted by Crippen LogP contribution is 2.12. The van der Waals surface area contributed by atoms with Crippen LogP contribution in [0.3, 0.4) is 0 Å². The van der Waals surface area contributed by atoms with E-state index in [4.69, 9.17) is 10.8 Å². The van der Waals surface area contributed by atoms with Crippen molar-refractivity contribution in [2.24, 2.45) is 11.1 Å². The van der Waals surface area contributed by atoms with Crippen LogP contribution in [0.1, 0.15) is 29.9 Å². The lowest BCUT2D eigenvalue weighted by Gasteiger charge is -2.20. The van der Waals surface area contributed by atoms with E-state index in [1.165, 1.54) is 6.20 Å². The fourth-order valence-corrected chi connectivity index (χ4v) is 1.29. The minimum atomic E-state index is -0.846. The van der Waals surface area contributed by atoms with E-state index in [0.717, 1.165) is 0 Å². The highest BCUT2D eigenvalue weighted by Gasteiger charge is 2.26. The number of amides is 2. The molecule has 0 aliphatic carbocycles. The summed E-state index contributed by atoms with van der Waals surface area (Å²) in [7, 11) is 0. The summed E-state index contributed by atoms with van der Waals surface area (Å²) in [6.07, 6.45) is 1.47. The van der Waals surface area contributed by atoms with Crippen molar-refractivity contribution in [3.05, 3.63) is 29.6 Å². The Morgan fingerprint density at radius 2 is 2.20 bits per heavy atom. The lowest BCUT2D eigenvalue weighted by molar-refractivity contribution is -0.125. The number of hydrogen-bond donors (Lipinski definition) is 3. The molecule has 0 aliphatic heterocycles. The van der Waals surface area contributed by atoms with Gasteiger partial charge in [-0.2, -0.15) is 0 Å². The summed E-state index contributed by atoms with van der Waals surface area (Å²) in [5.74, 6) is 4.17. The van der Waals surface area contributed by atoms with Crippen molar-refractivity contribution in [3.8, 4) is 11.8 Å². The number of primary amides is 1. The molecule has 0 bridgehead atoms. The van der Waals surface area contributed by atoms with Crippen LogP contribution in [-0.2, 0) is 4.79 Å². The quantitative estimate of drug-likeness (QED) is 0.654. The number of aliphatic hydroxyl groups is 1. The molecule has 1 aromatic rings. The van der Waals surface area contributed by atoms with Gasteiger partial charge in [-0.25, -0.2) is 4.98 Å². The van der Waals surface area contributed by atoms with E-state index >= 15 is 0 Å². The highest BCUT2D eigenvalue weighted by molar-refractivity contribution is 5.95. The molecule has 0 aliphatic rings. The minimum absolute atomic E-state index is 0.102. The third-order valence-electron chi connectivity index (χ3n) is 2.68. The molecule has 1 heterocycles. The first-order chi connectivity index (χ1) is 9.38. The number of hydrogen-bond acceptors (Lipinski definition) is 4. The zero-order chi connectivity index (χ0) is 15.2. The van der Waals surface area contributed by atoms with Crippen molar-refractivity contribution in [1.82, 2.24) is 10.3 Å². The molecule has 0 fully saturated rings. The van der Waals surface area contributed by atoms with Gasteiger partial charge in [0, 0.05) is 12.7 Å². The van der Waals surface area contributed by atoms with E-state index in [1.54, 1.807) is 26.0 Å². The topological polar surface area (TPSA) is 105 Å². The van der Waals surface area contributed by atoms with Crippen LogP contribution in [0.5, 0.6) is 0 Å². The number of rotatable bonds is 4. The normalized spacial score (nSPS) is 10.3. The molecule has 6 heteroatoms. The summed E-state index contributed by atoms with van der Waals surface area (Å²) in [6, 6.07) is 3.27. The van der Waals surface area contributed by atoms with Gasteiger partial charge in [-0.15, -0.1) is 0 Å². The fourth-order valence-electron chi connectivity index (χ4n) is 1.29. The maximum absolute atomic E-state index is 12.0. The largest absolute Gasteiger partial charge is 0.384 e. The SMILES string of the molecule is CC(C)(CNC(=O)c1ncccc1C#CCO)C(N)=O. The maximum atomic E-state index is 12.0. The van der Waals surface area contributed by atoms with Crippen LogP contribution >= 0.6 is 0 Å². The summed E-state index contributed by atoms with van der Waals surface area (Å²) < 4.78 is 0. The average Bonchev–Trinajstić information content (AvgIpc) is 2.42. The molecule has 1 rings (SSSR count). The van der Waals surface area contributed by atoms with Crippen LogP contribution in [0.4, 0.5) is 0 Å². The van der Waals surface area contributed by atoms with Crippen molar-refractivity contribution in [1.29, 1.82) is 0 Å². The molecule has 0 unspecified atom stereocenters. The first kappa shape index (κ1) is 15.7. The Labute approximate surface area is 117 Å². The second-order valence-corrected chi connectivity index (χ2v) is 4.79. The third-order valence-corrected chi connectivity index (χ3v) is 2.68. The Balaban J connectivity index is 2.86. The van der Waals surface area contributed by atoms with Gasteiger partial charge < -0.3 is 16.2 Å². The standard InChI is InChI=1S/C14H17N3O3/c1-14(2,13(15)20)9-17-12(19)11-10(6-4-8-18)5-3-7-16-11/h3,5,7,18H,8-9H2,1-2H3,(H2,15,20)(H,17,19). The Morgan fingerprint density at radius 1 is 1.50 bits per heavy atom. The Bertz CT molecular complexity index is 571. The number of nitrogens with one attached hydrogen (secondary N) is 1. The second-order valence-electron chi connectivity index (χ2n) is 4.79. The molecule has 6 nitrogen and oxygen atoms in total. The van der Waals surface area contributed by atoms with E-state index in [0.29, 0.717) is 5.56 Å². The molecule has 106 valence electrons. The van der Waals surface area contributed by atoms with Crippen LogP contribution < -0.4 is 11.1 Å². The molecule has 0 atom stereocenters. The highest BCUT2D eigenvalue weighted by atomic mass is 16.2. The zero-order valence-electron chi connectivity index (χ0n) is 11.4. The van der Waals surface area contributed by atoms with Crippen molar-refractivity contribution in [2.75, 3.05) is 13.2 Å². The lowest BCUT2D eigenvalue weighted by atomic mass is 9.93. The molecule has 0 radical (unpaired) electrons. The first-order valence-electron chi connectivity index (χ1n) is 6.01. The Morgan fingerprint density at radius 3 is 2.80 bits per heavy atom. The van der Waals surface area contributed by atoms with Gasteiger partial charge in [0.25, 0.3) is 5.91 Å². The lowest BCUT2D eigenvalue weighted by Crippen LogP contribution is -2.42. The number of carbonyl (C=O) groups is 2. The Hall–Kier alpha value is -2.39. The van der Waals surface area contributed by atoms with Crippen molar-refractivity contribution in [3.63, 3.8) is 0 Å². The summed E-state index contributed by atoms with van der Waals surface area (Å²) in [6.45, 7) is 3.08. The van der Waals surface area contributed by atoms with Gasteiger partial charge in [-0.05, 0) is 26.0 Å². The van der Waals surface area contributed by atoms with Gasteiger partial charge in [0.1, 0.15) is 12.3 Å². The van der Waals surface area contributed by atoms with E-state index in [2.05, 4.69) is 22.1 Å². The molecule has 1 aromatic heterocycles. The predicted octanol–water partition coefficient (Wildman–Crippen LogP) is -0.333. The fraction of sp³-hybridized carbons (Fsp3) is 0.357. The molecule has 0 saturated carbocycles. The average molecular weight is 275 g/mol. The minimum Gasteiger partial charge on any atom is -0.384 e. The third kappa shape index (κ3) is 4.07. The van der Waals surface area contributed by atoms with Gasteiger partial charge >= 0.3 is 0 Å². The summed E-state index contributed by atoms with van der Waals surface area (Å²) in [5, 5.41) is 11.3. The van der Waals surface area contributed by atoms with E-state index in [-0.39, 0.29) is 18.8 Å². The molecule has 2 amide bonds. The summed E-state index contributed by atoms with van der Waals surface area (Å²) >= 11 is 0. The maximum Gasteiger partial charge on any atom is 0.271 e. The van der Waals surface area contributed by atoms with Crippen LogP contribution in [-0.4, -0.2) is 35.1 Å². The van der Waals surface area contributed by atoms with Crippen molar-refractivity contribution >= 4 is 11.8 Å². The van der Waals surface area contributed by atoms with Gasteiger partial charge in [-0.1, -0.05) is 11.8 Å². The number of aromatic nitrogens is 1. The molecule has 0 aromatic carbocycles. The first-order valence-corrected chi connectivity index (χ1v) is 6.01. The molecule has 4 N–H and O–H groups in total. The van der Waals surface area contributed by atoms with Crippen LogP contribution in [0.15, 0.2) is 18.3 Å². The number of nitrogens with two attached hydrogens (primary N) is 1. The predicted molar refractivity (Wildman–Crippen MR) is 73.5 cm³/mol. The molecular formula is C14H17N3O3. The van der Waals surface area contributed by atoms with Crippen LogP contribution in [0.25, 0.3) is 0 Å². The molecular weight excluding hydrogens is 258 g/mol. The van der Waals surface area contributed by atoms with Crippen molar-refractivity contribution in [2.45, 2.75) is 13.8 Å². The molecule has 0 saturated heterocycles. The number of pyridine rings is 1. The molecule has 0 spiro atoms. The van der Waals surface area contributed by atoms with E-state index in [1.807, 2.05) is 0 Å². The number of carbonyl (C=O) groups excluding carboxylic acids is 2. The number of nitrogens with zero attached hydrogens (tertiary/aromatic N) is 1. The van der Waals surface area contributed by atoms with Crippen molar-refractivity contribution < 1.29 is 14.7 Å². The zero-order valence-corrected chi connectivity index (χ0v) is 11.4. The van der Waals surface area contributed by atoms with Gasteiger partial charge in [0.15, 0.2) is 0 Å². The summed E-state index contributed by atoms with van der Waals surface area (Å²) in [4.78, 5) is 27.2. The van der Waals surface area contributed by atoms with Gasteiger partial charge in [0.05, 0.1) is 11.0 Å². The monoisotopic (exact) mass is 275 g/mol. The number of aliphatic hydroxyl groups excluding tert-OH is 1. The van der Waals surface area contributed by atoms with Crippen LogP contribution in [0.2, 0.25) is 0 Å². The summed E-state index contributed by atoms with van der Waals surface area (Å²) in [5.41, 5.74) is 4.95. The van der Waals surface area contributed by atoms with Gasteiger partial charge in [0.2, 0.25) is 5.91 Å². The second kappa shape index (κ2) is 6.68. The van der Waals surface area contributed by atoms with E-state index < -0.39 is 17.2 Å². The van der Waals surface area contributed by atoms with E-state index in [9.17, 15) is 9.59 Å². The van der Waals surface area contributed by atoms with Crippen LogP contribution in [0, 0.1) is 17.3 Å². The smallest absolute Gasteiger partial charge is 0.271 e. The van der Waals surface area contributed by atoms with Gasteiger partial charge in [-0.3, -0.25) is 9.59 Å².